The summed E-state index contributed by atoms with van der Waals surface area (Å²) in [7, 11) is 0. The minimum Gasteiger partial charge on any atom is -0.508 e. The highest BCUT2D eigenvalue weighted by Crippen LogP contribution is 2.55. The number of aliphatic carboxylic acids is 1. The highest BCUT2D eigenvalue weighted by molar-refractivity contribution is 6.15. The van der Waals surface area contributed by atoms with Crippen LogP contribution >= 0.6 is 0 Å². The molecule has 19 heteroatoms. The number of phenolic OH excluding ortho intramolecular Hbond substituents is 2. The van der Waals surface area contributed by atoms with E-state index in [1.165, 1.54) is 42.8 Å². The molecule has 1 aliphatic carbocycles. The van der Waals surface area contributed by atoms with Crippen LogP contribution in [-0.4, -0.2) is 131 Å². The van der Waals surface area contributed by atoms with Gasteiger partial charge in [-0.25, -0.2) is 9.79 Å². The molecule has 0 aromatic heterocycles. The number of carboxylic acid groups (broad SMARTS) is 1. The van der Waals surface area contributed by atoms with Gasteiger partial charge in [0.15, 0.2) is 35.5 Å². The summed E-state index contributed by atoms with van der Waals surface area (Å²) in [4.78, 5) is 25.5. The molecular weight excluding hydrogens is 824 g/mol. The molecule has 63 heavy (non-hydrogen) atoms. The molecule has 332 valence electrons. The van der Waals surface area contributed by atoms with Gasteiger partial charge >= 0.3 is 11.8 Å². The Balaban J connectivity index is 1.10. The van der Waals surface area contributed by atoms with Gasteiger partial charge in [0.1, 0.15) is 65.4 Å². The van der Waals surface area contributed by atoms with Crippen molar-refractivity contribution in [3.63, 3.8) is 0 Å². The van der Waals surface area contributed by atoms with Crippen LogP contribution in [0.4, 0.5) is 0 Å². The molecule has 1 saturated heterocycles. The predicted octanol–water partition coefficient (Wildman–Crippen LogP) is 1.05. The monoisotopic (exact) mass is 871 g/mol. The van der Waals surface area contributed by atoms with E-state index in [0.29, 0.717) is 29.7 Å². The van der Waals surface area contributed by atoms with Crippen LogP contribution < -0.4 is 24.4 Å². The molecule has 3 aromatic carbocycles. The first-order valence-corrected chi connectivity index (χ1v) is 20.3. The zero-order valence-electron chi connectivity index (χ0n) is 33.6. The number of aliphatic hydroxyl groups excluding tert-OH is 5. The molecule has 11 N–H and O–H groups in total. The molecule has 19 nitrogen and oxygen atoms in total. The molecule has 8 atom stereocenters. The third-order valence-corrected chi connectivity index (χ3v) is 12.1. The highest BCUT2D eigenvalue weighted by atomic mass is 16.7. The molecule has 8 rings (SSSR count). The number of ether oxygens (including phenoxy) is 5. The standard InChI is InChI=1S/C44H46N4O15/c45-33-12-11-26(48-33)35(52)31(19-49)60-25-9-7-23(8-10-25)28-16-27(51)34-29(61-28)17-30(38(36(34)53)59-20-22-5-4-6-24(50)15-22)62-42-37(54)39(55)44(58,40(63-42)41(56)57)43(13-2-1-3-14-43)32-18-46-21-47-32/h4-12,15-17,21,28,31,35,37,39-40,42,45,49-55,58H,1-3,13-14,18-20H2,(H,56,57)/p+1. The van der Waals surface area contributed by atoms with Gasteiger partial charge in [0, 0.05) is 23.6 Å². The number of fused-ring (bicyclic) bond motifs is 1. The number of aliphatic imine (C=N–C) groups is 3. The quantitative estimate of drug-likeness (QED) is 0.108. The summed E-state index contributed by atoms with van der Waals surface area (Å²) in [6, 6.07) is 13.5. The number of nitrogens with two attached hydrogens (primary N) is 1. The van der Waals surface area contributed by atoms with Gasteiger partial charge in [-0.15, -0.1) is 0 Å². The van der Waals surface area contributed by atoms with E-state index < -0.39 is 83.8 Å². The lowest BCUT2D eigenvalue weighted by atomic mass is 9.55. The predicted molar refractivity (Wildman–Crippen MR) is 222 cm³/mol. The Hall–Kier alpha value is -6.35. The SMILES string of the molecule is [NH2+]=C1C=CC(C(O)C(CO)Oc2ccc(C3C=C(O)c4c(cc(OC5OC(C(=O)O)C(O)(C6(C7=NC=NC7)CCCCC6)C(O)C5O)c(OCc5cccc(O)c5)c4O)O3)cc2)=N1. The second kappa shape index (κ2) is 17.4. The van der Waals surface area contributed by atoms with Gasteiger partial charge in [-0.1, -0.05) is 43.5 Å². The number of phenols is 2. The Labute approximate surface area is 359 Å². The molecule has 1 saturated carbocycles. The summed E-state index contributed by atoms with van der Waals surface area (Å²) in [5, 5.41) is 106. The number of hydrogen-bond acceptors (Lipinski definition) is 16. The van der Waals surface area contributed by atoms with Crippen molar-refractivity contribution in [3.8, 4) is 34.5 Å². The molecule has 0 spiro atoms. The third-order valence-electron chi connectivity index (χ3n) is 12.1. The van der Waals surface area contributed by atoms with Crippen LogP contribution in [0.5, 0.6) is 34.5 Å². The van der Waals surface area contributed by atoms with Crippen LogP contribution in [-0.2, 0) is 16.1 Å². The van der Waals surface area contributed by atoms with Gasteiger partial charge in [0.2, 0.25) is 12.0 Å². The zero-order valence-corrected chi connectivity index (χ0v) is 33.6. The van der Waals surface area contributed by atoms with E-state index in [2.05, 4.69) is 15.0 Å². The molecule has 4 heterocycles. The number of carbonyl (C=O) groups is 1. The van der Waals surface area contributed by atoms with Crippen LogP contribution in [0.2, 0.25) is 0 Å². The Morgan fingerprint density at radius 1 is 1.02 bits per heavy atom. The number of benzene rings is 3. The maximum absolute atomic E-state index is 13.0. The van der Waals surface area contributed by atoms with Crippen LogP contribution in [0.1, 0.15) is 54.9 Å². The zero-order chi connectivity index (χ0) is 44.6. The van der Waals surface area contributed by atoms with Crippen LogP contribution in [0.3, 0.4) is 0 Å². The topological polar surface area (TPSA) is 308 Å². The van der Waals surface area contributed by atoms with Gasteiger partial charge in [-0.3, -0.25) is 10.4 Å². The van der Waals surface area contributed by atoms with Gasteiger partial charge in [-0.05, 0) is 59.3 Å². The first-order valence-electron chi connectivity index (χ1n) is 20.3. The number of nitrogens with zero attached hydrogens (tertiary/aromatic N) is 3. The normalized spacial score (nSPS) is 27.0. The van der Waals surface area contributed by atoms with Gasteiger partial charge in [-0.2, -0.15) is 0 Å². The molecule has 8 unspecified atom stereocenters. The number of amidine groups is 1. The number of carboxylic acids is 1. The van der Waals surface area contributed by atoms with Crippen LogP contribution in [0.15, 0.2) is 87.8 Å². The summed E-state index contributed by atoms with van der Waals surface area (Å²) in [6.07, 6.45) is -3.73. The maximum atomic E-state index is 13.0. The Morgan fingerprint density at radius 3 is 2.43 bits per heavy atom. The van der Waals surface area contributed by atoms with Crippen molar-refractivity contribution in [1.29, 1.82) is 0 Å². The minimum atomic E-state index is -2.60. The molecule has 0 radical (unpaired) electrons. The Bertz CT molecular complexity index is 2410. The first kappa shape index (κ1) is 43.3. The fourth-order valence-corrected chi connectivity index (χ4v) is 8.91. The molecular formula is C44H47N4O15+. The summed E-state index contributed by atoms with van der Waals surface area (Å²) in [6.45, 7) is -0.760. The van der Waals surface area contributed by atoms with Crippen molar-refractivity contribution in [3.05, 3.63) is 89.5 Å². The van der Waals surface area contributed by atoms with E-state index >= 15 is 0 Å². The maximum Gasteiger partial charge on any atom is 0.336 e. The highest BCUT2D eigenvalue weighted by Gasteiger charge is 2.69. The smallest absolute Gasteiger partial charge is 0.336 e. The lowest BCUT2D eigenvalue weighted by Crippen LogP contribution is -2.76. The summed E-state index contributed by atoms with van der Waals surface area (Å²) < 4.78 is 30.1. The van der Waals surface area contributed by atoms with Gasteiger partial charge in [0.05, 0.1) is 18.9 Å². The molecule has 5 aliphatic rings. The molecule has 2 fully saturated rings. The Kier molecular flexibility index (Phi) is 12.0. The van der Waals surface area contributed by atoms with Gasteiger partial charge < -0.3 is 69.6 Å². The van der Waals surface area contributed by atoms with Crippen molar-refractivity contribution in [2.24, 2.45) is 20.4 Å². The number of aliphatic hydroxyl groups is 6. The number of rotatable bonds is 14. The van der Waals surface area contributed by atoms with Crippen LogP contribution in [0, 0.1) is 5.41 Å². The lowest BCUT2D eigenvalue weighted by Gasteiger charge is -2.57. The van der Waals surface area contributed by atoms with Crippen molar-refractivity contribution in [1.82, 2.24) is 0 Å². The second-order valence-electron chi connectivity index (χ2n) is 15.9. The van der Waals surface area contributed by atoms with E-state index in [1.54, 1.807) is 36.4 Å². The molecule has 0 amide bonds. The molecule has 3 aromatic rings. The number of aromatic hydroxyl groups is 2. The fraction of sp³-hybridized carbons (Fsp3) is 0.386. The number of hydrogen-bond donors (Lipinski definition) is 10. The van der Waals surface area contributed by atoms with Gasteiger partial charge in [0.25, 0.3) is 0 Å². The first-order chi connectivity index (χ1) is 30.2. The van der Waals surface area contributed by atoms with E-state index in [0.717, 1.165) is 6.42 Å². The van der Waals surface area contributed by atoms with Crippen LogP contribution in [0.25, 0.3) is 5.76 Å². The molecule has 0 bridgehead atoms. The molecule has 4 aliphatic heterocycles. The van der Waals surface area contributed by atoms with E-state index in [4.69, 9.17) is 29.1 Å². The van der Waals surface area contributed by atoms with E-state index in [9.17, 15) is 50.8 Å². The Morgan fingerprint density at radius 2 is 1.78 bits per heavy atom. The second-order valence-corrected chi connectivity index (χ2v) is 15.9. The van der Waals surface area contributed by atoms with Crippen molar-refractivity contribution in [2.45, 2.75) is 87.2 Å². The average Bonchev–Trinajstić information content (AvgIpc) is 3.98. The van der Waals surface area contributed by atoms with Crippen molar-refractivity contribution < 1.29 is 79.8 Å². The fourth-order valence-electron chi connectivity index (χ4n) is 8.91. The van der Waals surface area contributed by atoms with Crippen molar-refractivity contribution >= 4 is 35.3 Å². The largest absolute Gasteiger partial charge is 0.508 e. The lowest BCUT2D eigenvalue weighted by molar-refractivity contribution is -0.326. The summed E-state index contributed by atoms with van der Waals surface area (Å²) in [5.41, 5.74) is -2.73. The van der Waals surface area contributed by atoms with E-state index in [-0.39, 0.29) is 66.1 Å². The summed E-state index contributed by atoms with van der Waals surface area (Å²) >= 11 is 0. The minimum absolute atomic E-state index is 0.0595. The average molecular weight is 872 g/mol. The third kappa shape index (κ3) is 7.98. The van der Waals surface area contributed by atoms with Crippen molar-refractivity contribution in [2.75, 3.05) is 13.2 Å². The van der Waals surface area contributed by atoms with E-state index in [1.807, 2.05) is 0 Å². The summed E-state index contributed by atoms with van der Waals surface area (Å²) in [5.74, 6) is -3.33.